The molecule has 0 saturated carbocycles. The standard InChI is InChI=1S/C22H16N2O2.Cu/c25-22(24-23-14-6-9-16-7-2-1-3-8-16)21-15-19-18-11-5-4-10-17(18)12-13-20(19)26-21;/h1-15H,(H,24,25);/q;+2/b9-6+,23-14+;. The van der Waals surface area contributed by atoms with Crippen LogP contribution < -0.4 is 5.43 Å². The average molecular weight is 404 g/mol. The molecule has 1 aromatic heterocycles. The first-order valence-electron chi connectivity index (χ1n) is 8.28. The number of amides is 1. The number of allylic oxidation sites excluding steroid dienone is 1. The molecule has 0 spiro atoms. The number of fused-ring (bicyclic) bond motifs is 3. The number of hydrazone groups is 1. The van der Waals surface area contributed by atoms with E-state index in [2.05, 4.69) is 10.5 Å². The molecule has 3 aromatic carbocycles. The predicted molar refractivity (Wildman–Crippen MR) is 105 cm³/mol. The van der Waals surface area contributed by atoms with Crippen molar-refractivity contribution < 1.29 is 26.3 Å². The Labute approximate surface area is 167 Å². The van der Waals surface area contributed by atoms with Crippen LogP contribution in [-0.4, -0.2) is 12.1 Å². The second-order valence-corrected chi connectivity index (χ2v) is 5.80. The molecule has 1 heterocycles. The van der Waals surface area contributed by atoms with Gasteiger partial charge in [-0.05, 0) is 34.5 Å². The summed E-state index contributed by atoms with van der Waals surface area (Å²) in [6, 6.07) is 23.5. The van der Waals surface area contributed by atoms with E-state index >= 15 is 0 Å². The van der Waals surface area contributed by atoms with Crippen molar-refractivity contribution in [2.45, 2.75) is 0 Å². The van der Waals surface area contributed by atoms with Crippen LogP contribution in [0.15, 0.2) is 88.4 Å². The molecule has 0 aliphatic heterocycles. The third kappa shape index (κ3) is 4.17. The molecule has 27 heavy (non-hydrogen) atoms. The molecule has 1 amide bonds. The van der Waals surface area contributed by atoms with Crippen molar-refractivity contribution in [3.05, 3.63) is 90.2 Å². The van der Waals surface area contributed by atoms with Crippen molar-refractivity contribution in [2.24, 2.45) is 5.10 Å². The van der Waals surface area contributed by atoms with Gasteiger partial charge in [-0.25, -0.2) is 5.43 Å². The van der Waals surface area contributed by atoms with E-state index in [9.17, 15) is 4.79 Å². The Hall–Kier alpha value is -3.14. The van der Waals surface area contributed by atoms with Crippen LogP contribution in [0.4, 0.5) is 0 Å². The number of rotatable bonds is 4. The maximum absolute atomic E-state index is 12.2. The molecule has 1 N–H and O–H groups in total. The topological polar surface area (TPSA) is 54.6 Å². The summed E-state index contributed by atoms with van der Waals surface area (Å²) in [6.07, 6.45) is 5.20. The molecular formula is C22H16CuN2O2+2. The Kier molecular flexibility index (Phi) is 5.87. The van der Waals surface area contributed by atoms with Gasteiger partial charge in [0.2, 0.25) is 0 Å². The molecule has 0 atom stereocenters. The summed E-state index contributed by atoms with van der Waals surface area (Å²) >= 11 is 0. The number of hydrogen-bond acceptors (Lipinski definition) is 3. The van der Waals surface area contributed by atoms with Crippen molar-refractivity contribution >= 4 is 39.9 Å². The molecule has 4 nitrogen and oxygen atoms in total. The van der Waals surface area contributed by atoms with E-state index in [-0.39, 0.29) is 28.7 Å². The van der Waals surface area contributed by atoms with Gasteiger partial charge in [0, 0.05) is 11.6 Å². The zero-order chi connectivity index (χ0) is 17.8. The van der Waals surface area contributed by atoms with Gasteiger partial charge in [0.05, 0.1) is 0 Å². The van der Waals surface area contributed by atoms with E-state index in [1.807, 2.05) is 72.8 Å². The Morgan fingerprint density at radius 3 is 2.56 bits per heavy atom. The fraction of sp³-hybridized carbons (Fsp3) is 0. The first-order valence-corrected chi connectivity index (χ1v) is 8.28. The number of furan rings is 1. The maximum Gasteiger partial charge on any atom is 2.00 e. The van der Waals surface area contributed by atoms with E-state index in [4.69, 9.17) is 4.42 Å². The summed E-state index contributed by atoms with van der Waals surface area (Å²) in [5.41, 5.74) is 4.23. The fourth-order valence-corrected chi connectivity index (χ4v) is 2.82. The maximum atomic E-state index is 12.2. The average Bonchev–Trinajstić information content (AvgIpc) is 3.13. The molecule has 0 saturated heterocycles. The monoisotopic (exact) mass is 403 g/mol. The Morgan fingerprint density at radius 1 is 0.926 bits per heavy atom. The van der Waals surface area contributed by atoms with Gasteiger partial charge in [-0.3, -0.25) is 4.79 Å². The molecule has 4 aromatic rings. The largest absolute Gasteiger partial charge is 2.00 e. The molecule has 0 bridgehead atoms. The summed E-state index contributed by atoms with van der Waals surface area (Å²) < 4.78 is 5.66. The quantitative estimate of drug-likeness (QED) is 0.296. The summed E-state index contributed by atoms with van der Waals surface area (Å²) in [5.74, 6) is -0.143. The fourth-order valence-electron chi connectivity index (χ4n) is 2.82. The van der Waals surface area contributed by atoms with Gasteiger partial charge in [0.1, 0.15) is 5.58 Å². The second kappa shape index (κ2) is 8.49. The number of carbonyl (C=O) groups excluding carboxylic acids is 1. The van der Waals surface area contributed by atoms with Crippen LogP contribution in [0.5, 0.6) is 0 Å². The summed E-state index contributed by atoms with van der Waals surface area (Å²) in [4.78, 5) is 12.2. The molecule has 5 heteroatoms. The molecule has 0 aliphatic rings. The minimum absolute atomic E-state index is 0. The van der Waals surface area contributed by atoms with E-state index in [0.29, 0.717) is 5.58 Å². The minimum atomic E-state index is -0.380. The third-order valence-electron chi connectivity index (χ3n) is 4.06. The van der Waals surface area contributed by atoms with E-state index in [1.54, 1.807) is 12.1 Å². The Balaban J connectivity index is 0.00000210. The van der Waals surface area contributed by atoms with Crippen molar-refractivity contribution in [1.29, 1.82) is 0 Å². The molecule has 0 aliphatic carbocycles. The van der Waals surface area contributed by atoms with Gasteiger partial charge in [-0.1, -0.05) is 66.7 Å². The first-order chi connectivity index (χ1) is 12.8. The van der Waals surface area contributed by atoms with Crippen molar-refractivity contribution in [1.82, 2.24) is 5.43 Å². The van der Waals surface area contributed by atoms with Gasteiger partial charge in [-0.15, -0.1) is 0 Å². The number of carbonyl (C=O) groups is 1. The van der Waals surface area contributed by atoms with Crippen LogP contribution in [0.1, 0.15) is 16.1 Å². The number of nitrogens with one attached hydrogen (secondary N) is 1. The number of benzene rings is 3. The normalized spacial score (nSPS) is 11.3. The summed E-state index contributed by atoms with van der Waals surface area (Å²) in [6.45, 7) is 0. The summed E-state index contributed by atoms with van der Waals surface area (Å²) in [7, 11) is 0. The SMILES string of the molecule is O=C(N/N=C/C=C/c1ccccc1)c1cc2c(ccc3ccccc32)o1.[Cu+2]. The number of nitrogens with zero attached hydrogens (tertiary/aromatic N) is 1. The molecule has 0 unspecified atom stereocenters. The van der Waals surface area contributed by atoms with Crippen molar-refractivity contribution in [2.75, 3.05) is 0 Å². The third-order valence-corrected chi connectivity index (χ3v) is 4.06. The van der Waals surface area contributed by atoms with Gasteiger partial charge in [0.25, 0.3) is 0 Å². The second-order valence-electron chi connectivity index (χ2n) is 5.80. The molecule has 0 fully saturated rings. The number of hydrogen-bond donors (Lipinski definition) is 1. The van der Waals surface area contributed by atoms with E-state index in [0.717, 1.165) is 21.7 Å². The van der Waals surface area contributed by atoms with Crippen molar-refractivity contribution in [3.63, 3.8) is 0 Å². The molecule has 135 valence electrons. The van der Waals surface area contributed by atoms with Gasteiger partial charge < -0.3 is 4.42 Å². The van der Waals surface area contributed by atoms with Crippen LogP contribution in [0.25, 0.3) is 27.8 Å². The molecule has 1 radical (unpaired) electrons. The van der Waals surface area contributed by atoms with E-state index in [1.165, 1.54) is 6.21 Å². The predicted octanol–water partition coefficient (Wildman–Crippen LogP) is 5.01. The smallest absolute Gasteiger partial charge is 0.451 e. The van der Waals surface area contributed by atoms with Crippen LogP contribution in [0, 0.1) is 0 Å². The molecule has 4 rings (SSSR count). The minimum Gasteiger partial charge on any atom is -0.451 e. The van der Waals surface area contributed by atoms with Crippen molar-refractivity contribution in [3.8, 4) is 0 Å². The zero-order valence-electron chi connectivity index (χ0n) is 14.2. The Bertz CT molecular complexity index is 1130. The van der Waals surface area contributed by atoms with Gasteiger partial charge in [0.15, 0.2) is 5.76 Å². The van der Waals surface area contributed by atoms with Gasteiger partial charge in [-0.2, -0.15) is 5.10 Å². The van der Waals surface area contributed by atoms with Crippen LogP contribution >= 0.6 is 0 Å². The zero-order valence-corrected chi connectivity index (χ0v) is 15.2. The van der Waals surface area contributed by atoms with Crippen LogP contribution in [0.3, 0.4) is 0 Å². The van der Waals surface area contributed by atoms with Gasteiger partial charge >= 0.3 is 23.0 Å². The van der Waals surface area contributed by atoms with E-state index < -0.39 is 0 Å². The first kappa shape index (κ1) is 18.6. The molecular weight excluding hydrogens is 388 g/mol. The van der Waals surface area contributed by atoms with Crippen LogP contribution in [-0.2, 0) is 17.1 Å². The summed E-state index contributed by atoms with van der Waals surface area (Å²) in [5, 5.41) is 7.01. The van der Waals surface area contributed by atoms with Crippen LogP contribution in [0.2, 0.25) is 0 Å². The Morgan fingerprint density at radius 2 is 1.70 bits per heavy atom.